The average molecular weight is 357 g/mol. The number of hydrogen-bond donors (Lipinski definition) is 3. The van der Waals surface area contributed by atoms with Crippen LogP contribution in [0.15, 0.2) is 22.7 Å². The first kappa shape index (κ1) is 17.5. The molecule has 1 amide bonds. The standard InChI is InChI=1S/C15H21BrN2O3/c1-9(2)3-10(4-14(19)20)8-18-15(21)11-5-12(16)7-13(17)6-11/h5-7,9-10H,3-4,8,17H2,1-2H3,(H,18,21)(H,19,20)/t10-/m0/s1. The summed E-state index contributed by atoms with van der Waals surface area (Å²) in [6.45, 7) is 4.41. The predicted octanol–water partition coefficient (Wildman–Crippen LogP) is 2.90. The van der Waals surface area contributed by atoms with Crippen LogP contribution in [0.5, 0.6) is 0 Å². The number of carbonyl (C=O) groups is 2. The molecular formula is C15H21BrN2O3. The smallest absolute Gasteiger partial charge is 0.303 e. The van der Waals surface area contributed by atoms with E-state index in [1.807, 2.05) is 13.8 Å². The molecule has 116 valence electrons. The highest BCUT2D eigenvalue weighted by Crippen LogP contribution is 2.18. The second kappa shape index (κ2) is 8.02. The summed E-state index contributed by atoms with van der Waals surface area (Å²) in [5.74, 6) is -0.785. The van der Waals surface area contributed by atoms with Crippen molar-refractivity contribution in [3.05, 3.63) is 28.2 Å². The molecule has 0 radical (unpaired) electrons. The molecule has 21 heavy (non-hydrogen) atoms. The first-order valence-corrected chi connectivity index (χ1v) is 7.63. The van der Waals surface area contributed by atoms with Crippen LogP contribution in [0.1, 0.15) is 37.0 Å². The van der Waals surface area contributed by atoms with Gasteiger partial charge in [0.05, 0.1) is 0 Å². The first-order valence-electron chi connectivity index (χ1n) is 6.84. The average Bonchev–Trinajstić information content (AvgIpc) is 2.32. The van der Waals surface area contributed by atoms with E-state index in [9.17, 15) is 9.59 Å². The van der Waals surface area contributed by atoms with Gasteiger partial charge in [-0.2, -0.15) is 0 Å². The van der Waals surface area contributed by atoms with Crippen LogP contribution < -0.4 is 11.1 Å². The van der Waals surface area contributed by atoms with Gasteiger partial charge < -0.3 is 16.2 Å². The van der Waals surface area contributed by atoms with Crippen molar-refractivity contribution >= 4 is 33.5 Å². The fraction of sp³-hybridized carbons (Fsp3) is 0.467. The minimum Gasteiger partial charge on any atom is -0.481 e. The molecule has 0 aliphatic heterocycles. The van der Waals surface area contributed by atoms with Gasteiger partial charge in [0.1, 0.15) is 0 Å². The molecule has 1 rings (SSSR count). The molecule has 0 aliphatic rings. The number of carboxylic acid groups (broad SMARTS) is 1. The minimum atomic E-state index is -0.846. The van der Waals surface area contributed by atoms with E-state index < -0.39 is 5.97 Å². The SMILES string of the molecule is CC(C)C[C@H](CNC(=O)c1cc(N)cc(Br)c1)CC(=O)O. The summed E-state index contributed by atoms with van der Waals surface area (Å²) in [6, 6.07) is 4.98. The number of carboxylic acids is 1. The minimum absolute atomic E-state index is 0.0546. The summed E-state index contributed by atoms with van der Waals surface area (Å²) in [5.41, 5.74) is 6.65. The van der Waals surface area contributed by atoms with Crippen LogP contribution in [0.2, 0.25) is 0 Å². The van der Waals surface area contributed by atoms with E-state index in [0.717, 1.165) is 10.9 Å². The third-order valence-electron chi connectivity index (χ3n) is 3.00. The molecule has 1 atom stereocenters. The van der Waals surface area contributed by atoms with Crippen molar-refractivity contribution in [2.45, 2.75) is 26.7 Å². The molecule has 0 aromatic heterocycles. The molecule has 0 aliphatic carbocycles. The zero-order valence-electron chi connectivity index (χ0n) is 12.2. The summed E-state index contributed by atoms with van der Waals surface area (Å²) in [6.07, 6.45) is 0.812. The number of benzene rings is 1. The zero-order valence-corrected chi connectivity index (χ0v) is 13.8. The number of amides is 1. The second-order valence-electron chi connectivity index (χ2n) is 5.58. The van der Waals surface area contributed by atoms with Gasteiger partial charge in [-0.25, -0.2) is 0 Å². The predicted molar refractivity (Wildman–Crippen MR) is 86.1 cm³/mol. The lowest BCUT2D eigenvalue weighted by atomic mass is 9.94. The Bertz CT molecular complexity index is 497. The molecular weight excluding hydrogens is 336 g/mol. The van der Waals surface area contributed by atoms with Crippen LogP contribution in [-0.4, -0.2) is 23.5 Å². The number of nitrogen functional groups attached to an aromatic ring is 1. The van der Waals surface area contributed by atoms with E-state index in [0.29, 0.717) is 23.7 Å². The summed E-state index contributed by atoms with van der Waals surface area (Å²) < 4.78 is 0.733. The number of nitrogens with two attached hydrogens (primary N) is 1. The molecule has 0 saturated heterocycles. The zero-order chi connectivity index (χ0) is 16.0. The van der Waals surface area contributed by atoms with Crippen LogP contribution >= 0.6 is 15.9 Å². The number of hydrogen-bond acceptors (Lipinski definition) is 3. The van der Waals surface area contributed by atoms with Gasteiger partial charge in [-0.15, -0.1) is 0 Å². The number of halogens is 1. The fourth-order valence-corrected chi connectivity index (χ4v) is 2.75. The second-order valence-corrected chi connectivity index (χ2v) is 6.49. The maximum atomic E-state index is 12.1. The van der Waals surface area contributed by atoms with Crippen LogP contribution in [0.3, 0.4) is 0 Å². The summed E-state index contributed by atoms with van der Waals surface area (Å²) >= 11 is 3.29. The molecule has 0 heterocycles. The Hall–Kier alpha value is -1.56. The fourth-order valence-electron chi connectivity index (χ4n) is 2.23. The van der Waals surface area contributed by atoms with E-state index in [-0.39, 0.29) is 18.2 Å². The van der Waals surface area contributed by atoms with Crippen molar-refractivity contribution in [1.82, 2.24) is 5.32 Å². The normalized spacial score (nSPS) is 12.2. The summed E-state index contributed by atoms with van der Waals surface area (Å²) in [7, 11) is 0. The lowest BCUT2D eigenvalue weighted by Gasteiger charge is -2.18. The molecule has 0 spiro atoms. The van der Waals surface area contributed by atoms with Crippen LogP contribution in [-0.2, 0) is 4.79 Å². The molecule has 1 aromatic rings. The monoisotopic (exact) mass is 356 g/mol. The quantitative estimate of drug-likeness (QED) is 0.654. The van der Waals surface area contributed by atoms with Gasteiger partial charge in [0.15, 0.2) is 0 Å². The van der Waals surface area contributed by atoms with E-state index >= 15 is 0 Å². The molecule has 0 bridgehead atoms. The number of carbonyl (C=O) groups excluding carboxylic acids is 1. The molecule has 0 unspecified atom stereocenters. The number of rotatable bonds is 7. The van der Waals surface area contributed by atoms with E-state index in [1.54, 1.807) is 18.2 Å². The molecule has 1 aromatic carbocycles. The van der Waals surface area contributed by atoms with Gasteiger partial charge in [0.25, 0.3) is 5.91 Å². The molecule has 0 saturated carbocycles. The van der Waals surface area contributed by atoms with E-state index in [1.165, 1.54) is 0 Å². The third kappa shape index (κ3) is 6.62. The van der Waals surface area contributed by atoms with Gasteiger partial charge >= 0.3 is 5.97 Å². The van der Waals surface area contributed by atoms with Crippen molar-refractivity contribution in [2.75, 3.05) is 12.3 Å². The van der Waals surface area contributed by atoms with Gasteiger partial charge in [0.2, 0.25) is 0 Å². The highest BCUT2D eigenvalue weighted by Gasteiger charge is 2.16. The molecule has 4 N–H and O–H groups in total. The van der Waals surface area contributed by atoms with E-state index in [4.69, 9.17) is 10.8 Å². The lowest BCUT2D eigenvalue weighted by molar-refractivity contribution is -0.138. The highest BCUT2D eigenvalue weighted by atomic mass is 79.9. The van der Waals surface area contributed by atoms with Gasteiger partial charge in [0, 0.05) is 28.7 Å². The Morgan fingerprint density at radius 3 is 2.52 bits per heavy atom. The van der Waals surface area contributed by atoms with Crippen molar-refractivity contribution in [3.8, 4) is 0 Å². The largest absolute Gasteiger partial charge is 0.481 e. The maximum absolute atomic E-state index is 12.1. The third-order valence-corrected chi connectivity index (χ3v) is 3.46. The number of nitrogens with one attached hydrogen (secondary N) is 1. The topological polar surface area (TPSA) is 92.4 Å². The number of anilines is 1. The summed E-state index contributed by atoms with van der Waals surface area (Å²) in [4.78, 5) is 22.9. The maximum Gasteiger partial charge on any atom is 0.303 e. The van der Waals surface area contributed by atoms with E-state index in [2.05, 4.69) is 21.2 Å². The lowest BCUT2D eigenvalue weighted by Crippen LogP contribution is -2.31. The van der Waals surface area contributed by atoms with Crippen LogP contribution in [0.25, 0.3) is 0 Å². The molecule has 6 heteroatoms. The Morgan fingerprint density at radius 1 is 1.33 bits per heavy atom. The van der Waals surface area contributed by atoms with Gasteiger partial charge in [-0.3, -0.25) is 9.59 Å². The molecule has 5 nitrogen and oxygen atoms in total. The van der Waals surface area contributed by atoms with Crippen LogP contribution in [0.4, 0.5) is 5.69 Å². The van der Waals surface area contributed by atoms with Crippen molar-refractivity contribution in [1.29, 1.82) is 0 Å². The first-order chi connectivity index (χ1) is 9.77. The Kier molecular flexibility index (Phi) is 6.68. The van der Waals surface area contributed by atoms with Gasteiger partial charge in [-0.05, 0) is 36.5 Å². The Morgan fingerprint density at radius 2 is 2.00 bits per heavy atom. The van der Waals surface area contributed by atoms with Crippen molar-refractivity contribution in [2.24, 2.45) is 11.8 Å². The van der Waals surface area contributed by atoms with Gasteiger partial charge in [-0.1, -0.05) is 29.8 Å². The van der Waals surface area contributed by atoms with Crippen molar-refractivity contribution < 1.29 is 14.7 Å². The summed E-state index contributed by atoms with van der Waals surface area (Å²) in [5, 5.41) is 11.7. The van der Waals surface area contributed by atoms with Crippen molar-refractivity contribution in [3.63, 3.8) is 0 Å². The van der Waals surface area contributed by atoms with Crippen LogP contribution in [0, 0.1) is 11.8 Å². The Labute approximate surface area is 133 Å². The molecule has 0 fully saturated rings. The Balaban J connectivity index is 2.65. The number of aliphatic carboxylic acids is 1. The highest BCUT2D eigenvalue weighted by molar-refractivity contribution is 9.10.